The number of nitrogens with one attached hydrogen (secondary N) is 1. The minimum absolute atomic E-state index is 0.0458. The topological polar surface area (TPSA) is 83.8 Å². The SMILES string of the molecule is C[C@@H]1CC(C)(C)C[C@]2(C1)NC(=O)N(CC(=O)N=c1sc3ccccc3n1C)C2=O. The van der Waals surface area contributed by atoms with Gasteiger partial charge in [0.15, 0.2) is 4.80 Å². The highest BCUT2D eigenvalue weighted by Gasteiger charge is 2.56. The van der Waals surface area contributed by atoms with Crippen LogP contribution in [-0.4, -0.2) is 39.4 Å². The molecule has 2 heterocycles. The zero-order valence-electron chi connectivity index (χ0n) is 17.2. The van der Waals surface area contributed by atoms with Gasteiger partial charge in [-0.25, -0.2) is 4.79 Å². The molecule has 1 aromatic carbocycles. The second-order valence-corrected chi connectivity index (χ2v) is 10.2. The van der Waals surface area contributed by atoms with Crippen LogP contribution in [0.3, 0.4) is 0 Å². The van der Waals surface area contributed by atoms with Gasteiger partial charge in [-0.05, 0) is 42.7 Å². The smallest absolute Gasteiger partial charge is 0.323 e. The standard InChI is InChI=1S/C21H26N4O3S/c1-13-9-20(2,3)12-21(10-13)17(27)25(18(28)23-21)11-16(26)22-19-24(4)14-7-5-6-8-15(14)29-19/h5-8,13H,9-12H2,1-4H3,(H,23,28)/t13-,21+/m1/s1. The number of urea groups is 1. The maximum Gasteiger partial charge on any atom is 0.325 e. The number of imide groups is 1. The number of aryl methyl sites for hydroxylation is 1. The van der Waals surface area contributed by atoms with Crippen LogP contribution in [0, 0.1) is 11.3 Å². The molecule has 1 aliphatic carbocycles. The van der Waals surface area contributed by atoms with Crippen LogP contribution in [0.1, 0.15) is 40.0 Å². The molecule has 0 bridgehead atoms. The van der Waals surface area contributed by atoms with Gasteiger partial charge in [0, 0.05) is 7.05 Å². The summed E-state index contributed by atoms with van der Waals surface area (Å²) in [5.74, 6) is -0.483. The van der Waals surface area contributed by atoms with Crippen molar-refractivity contribution in [2.75, 3.05) is 6.54 Å². The number of amides is 4. The van der Waals surface area contributed by atoms with Gasteiger partial charge in [0.1, 0.15) is 12.1 Å². The predicted octanol–water partition coefficient (Wildman–Crippen LogP) is 2.80. The summed E-state index contributed by atoms with van der Waals surface area (Å²) in [7, 11) is 1.85. The number of carbonyl (C=O) groups excluding carboxylic acids is 3. The first-order valence-corrected chi connectivity index (χ1v) is 10.7. The number of thiazole rings is 1. The lowest BCUT2D eigenvalue weighted by molar-refractivity contribution is -0.137. The van der Waals surface area contributed by atoms with E-state index in [1.165, 1.54) is 11.3 Å². The average Bonchev–Trinajstić information content (AvgIpc) is 3.03. The summed E-state index contributed by atoms with van der Waals surface area (Å²) < 4.78 is 2.87. The second kappa shape index (κ2) is 6.79. The molecule has 2 atom stereocenters. The monoisotopic (exact) mass is 414 g/mol. The van der Waals surface area contributed by atoms with Gasteiger partial charge in [-0.2, -0.15) is 4.99 Å². The van der Waals surface area contributed by atoms with Crippen molar-refractivity contribution in [3.8, 4) is 0 Å². The van der Waals surface area contributed by atoms with E-state index >= 15 is 0 Å². The minimum Gasteiger partial charge on any atom is -0.323 e. The van der Waals surface area contributed by atoms with Gasteiger partial charge in [0.25, 0.3) is 11.8 Å². The van der Waals surface area contributed by atoms with Crippen molar-refractivity contribution < 1.29 is 14.4 Å². The highest BCUT2D eigenvalue weighted by Crippen LogP contribution is 2.46. The maximum atomic E-state index is 13.2. The molecule has 1 aromatic heterocycles. The number of rotatable bonds is 2. The quantitative estimate of drug-likeness (QED) is 0.767. The number of nitrogens with zero attached hydrogens (tertiary/aromatic N) is 3. The number of fused-ring (bicyclic) bond motifs is 1. The lowest BCUT2D eigenvalue weighted by Crippen LogP contribution is -2.54. The number of para-hydroxylation sites is 1. The third-order valence-electron chi connectivity index (χ3n) is 5.85. The van der Waals surface area contributed by atoms with Crippen LogP contribution < -0.4 is 10.1 Å². The summed E-state index contributed by atoms with van der Waals surface area (Å²) in [6, 6.07) is 7.30. The number of benzene rings is 1. The summed E-state index contributed by atoms with van der Waals surface area (Å²) in [6.45, 7) is 6.01. The molecule has 4 amide bonds. The molecular weight excluding hydrogens is 388 g/mol. The highest BCUT2D eigenvalue weighted by atomic mass is 32.1. The van der Waals surface area contributed by atoms with Gasteiger partial charge >= 0.3 is 6.03 Å². The van der Waals surface area contributed by atoms with E-state index in [0.29, 0.717) is 23.6 Å². The summed E-state index contributed by atoms with van der Waals surface area (Å²) in [5, 5.41) is 2.90. The van der Waals surface area contributed by atoms with E-state index in [4.69, 9.17) is 0 Å². The molecule has 1 aliphatic heterocycles. The largest absolute Gasteiger partial charge is 0.325 e. The Balaban J connectivity index is 1.58. The second-order valence-electron chi connectivity index (χ2n) is 9.17. The average molecular weight is 415 g/mol. The molecule has 2 fully saturated rings. The molecule has 0 unspecified atom stereocenters. The number of aromatic nitrogens is 1. The predicted molar refractivity (Wildman–Crippen MR) is 111 cm³/mol. The van der Waals surface area contributed by atoms with Crippen molar-refractivity contribution in [2.24, 2.45) is 23.4 Å². The zero-order chi connectivity index (χ0) is 21.0. The Bertz CT molecular complexity index is 1080. The Morgan fingerprint density at radius 3 is 2.69 bits per heavy atom. The molecule has 1 saturated heterocycles. The summed E-state index contributed by atoms with van der Waals surface area (Å²) in [4.78, 5) is 44.1. The zero-order valence-corrected chi connectivity index (χ0v) is 18.0. The summed E-state index contributed by atoms with van der Waals surface area (Å²) >= 11 is 1.40. The fourth-order valence-electron chi connectivity index (χ4n) is 5.12. The van der Waals surface area contributed by atoms with Gasteiger partial charge in [-0.1, -0.05) is 44.2 Å². The molecule has 2 aromatic rings. The van der Waals surface area contributed by atoms with E-state index < -0.39 is 17.5 Å². The maximum absolute atomic E-state index is 13.2. The van der Waals surface area contributed by atoms with E-state index in [0.717, 1.165) is 21.5 Å². The molecule has 1 N–H and O–H groups in total. The first-order valence-electron chi connectivity index (χ1n) is 9.86. The normalized spacial score (nSPS) is 27.1. The molecular formula is C21H26N4O3S. The third-order valence-corrected chi connectivity index (χ3v) is 6.97. The van der Waals surface area contributed by atoms with Crippen LogP contribution >= 0.6 is 11.3 Å². The van der Waals surface area contributed by atoms with Crippen LogP contribution in [0.2, 0.25) is 0 Å². The van der Waals surface area contributed by atoms with E-state index in [2.05, 4.69) is 31.1 Å². The van der Waals surface area contributed by atoms with Crippen LogP contribution in [-0.2, 0) is 16.6 Å². The molecule has 154 valence electrons. The first kappa shape index (κ1) is 19.8. The van der Waals surface area contributed by atoms with Gasteiger partial charge in [0.2, 0.25) is 0 Å². The van der Waals surface area contributed by atoms with Crippen molar-refractivity contribution in [3.05, 3.63) is 29.1 Å². The van der Waals surface area contributed by atoms with Crippen LogP contribution in [0.25, 0.3) is 10.2 Å². The van der Waals surface area contributed by atoms with Gasteiger partial charge in [-0.3, -0.25) is 14.5 Å². The van der Waals surface area contributed by atoms with Crippen LogP contribution in [0.5, 0.6) is 0 Å². The number of hydrogen-bond donors (Lipinski definition) is 1. The van der Waals surface area contributed by atoms with Crippen molar-refractivity contribution in [1.82, 2.24) is 14.8 Å². The number of carbonyl (C=O) groups is 3. The van der Waals surface area contributed by atoms with Crippen LogP contribution in [0.4, 0.5) is 4.79 Å². The Morgan fingerprint density at radius 1 is 1.28 bits per heavy atom. The van der Waals surface area contributed by atoms with Crippen molar-refractivity contribution >= 4 is 39.4 Å². The van der Waals surface area contributed by atoms with E-state index in [1.54, 1.807) is 0 Å². The minimum atomic E-state index is -0.902. The van der Waals surface area contributed by atoms with Gasteiger partial charge < -0.3 is 9.88 Å². The van der Waals surface area contributed by atoms with Crippen molar-refractivity contribution in [1.29, 1.82) is 0 Å². The van der Waals surface area contributed by atoms with E-state index in [-0.39, 0.29) is 17.9 Å². The lowest BCUT2D eigenvalue weighted by Gasteiger charge is -2.43. The molecule has 1 spiro atoms. The first-order chi connectivity index (χ1) is 13.6. The molecule has 29 heavy (non-hydrogen) atoms. The molecule has 8 heteroatoms. The third kappa shape index (κ3) is 3.50. The van der Waals surface area contributed by atoms with Gasteiger partial charge in [-0.15, -0.1) is 0 Å². The Morgan fingerprint density at radius 2 is 2.00 bits per heavy atom. The lowest BCUT2D eigenvalue weighted by atomic mass is 9.64. The fraction of sp³-hybridized carbons (Fsp3) is 0.524. The molecule has 7 nitrogen and oxygen atoms in total. The van der Waals surface area contributed by atoms with Crippen LogP contribution in [0.15, 0.2) is 29.3 Å². The Hall–Kier alpha value is -2.48. The van der Waals surface area contributed by atoms with Gasteiger partial charge in [0.05, 0.1) is 10.2 Å². The molecule has 2 aliphatic rings. The summed E-state index contributed by atoms with van der Waals surface area (Å²) in [6.07, 6.45) is 2.20. The summed E-state index contributed by atoms with van der Waals surface area (Å²) in [5.41, 5.74) is 0.0350. The highest BCUT2D eigenvalue weighted by molar-refractivity contribution is 7.16. The Kier molecular flexibility index (Phi) is 4.64. The van der Waals surface area contributed by atoms with Crippen molar-refractivity contribution in [2.45, 2.75) is 45.6 Å². The van der Waals surface area contributed by atoms with E-state index in [1.807, 2.05) is 35.9 Å². The van der Waals surface area contributed by atoms with E-state index in [9.17, 15) is 14.4 Å². The van der Waals surface area contributed by atoms with Crippen molar-refractivity contribution in [3.63, 3.8) is 0 Å². The number of hydrogen-bond acceptors (Lipinski definition) is 4. The Labute approximate surface area is 173 Å². The molecule has 0 radical (unpaired) electrons. The molecule has 1 saturated carbocycles. The molecule has 4 rings (SSSR count). The fourth-order valence-corrected chi connectivity index (χ4v) is 6.15.